The van der Waals surface area contributed by atoms with Gasteiger partial charge in [-0.3, -0.25) is 0 Å². The highest BCUT2D eigenvalue weighted by Gasteiger charge is 2.85. The molecule has 0 aromatic carbocycles. The maximum atomic E-state index is 12.7. The molecule has 0 rings (SSSR count). The third-order valence-corrected chi connectivity index (χ3v) is 2.94. The van der Waals surface area contributed by atoms with Crippen LogP contribution in [0.5, 0.6) is 0 Å². The summed E-state index contributed by atoms with van der Waals surface area (Å²) in [5.41, 5.74) is -6.31. The summed E-state index contributed by atoms with van der Waals surface area (Å²) in [4.78, 5) is 0. The molecule has 23 heavy (non-hydrogen) atoms. The van der Waals surface area contributed by atoms with Crippen molar-refractivity contribution in [3.05, 3.63) is 11.6 Å². The summed E-state index contributed by atoms with van der Waals surface area (Å²) < 4.78 is 118. The van der Waals surface area contributed by atoms with E-state index in [0.29, 0.717) is 0 Å². The van der Waals surface area contributed by atoms with E-state index in [-0.39, 0.29) is 11.5 Å². The molecular weight excluding hydrogens is 343 g/mol. The molecule has 0 N–H and O–H groups in total. The van der Waals surface area contributed by atoms with Gasteiger partial charge < -0.3 is 4.74 Å². The van der Waals surface area contributed by atoms with Gasteiger partial charge in [0.1, 0.15) is 0 Å². The molecule has 0 aromatic rings. The van der Waals surface area contributed by atoms with Crippen molar-refractivity contribution in [1.29, 1.82) is 0 Å². The molecule has 0 saturated heterocycles. The lowest BCUT2D eigenvalue weighted by molar-refractivity contribution is -0.456. The largest absolute Gasteiger partial charge is 0.435 e. The van der Waals surface area contributed by atoms with E-state index >= 15 is 0 Å². The summed E-state index contributed by atoms with van der Waals surface area (Å²) in [5, 5.41) is 0. The second-order valence-electron chi connectivity index (χ2n) is 5.60. The molecule has 0 fully saturated rings. The fraction of sp³-hybridized carbons (Fsp3) is 0.846. The van der Waals surface area contributed by atoms with E-state index in [4.69, 9.17) is 0 Å². The standard InChI is InChI=1S/C13H17F9O/c1-7(2)5-9(8(3)4)6-23-10(11(14,15)16,12(17,18)19)13(20,21)22/h5,7-8H,6H2,1-4H3/b9-5+. The lowest BCUT2D eigenvalue weighted by Crippen LogP contribution is -2.67. The van der Waals surface area contributed by atoms with Crippen molar-refractivity contribution in [3.8, 4) is 0 Å². The van der Waals surface area contributed by atoms with E-state index in [1.165, 1.54) is 19.9 Å². The van der Waals surface area contributed by atoms with Crippen molar-refractivity contribution in [2.24, 2.45) is 11.8 Å². The lowest BCUT2D eigenvalue weighted by Gasteiger charge is -2.38. The minimum Gasteiger partial charge on any atom is -0.347 e. The molecule has 0 radical (unpaired) electrons. The Morgan fingerprint density at radius 3 is 1.35 bits per heavy atom. The van der Waals surface area contributed by atoms with Gasteiger partial charge in [-0.25, -0.2) is 0 Å². The predicted molar refractivity (Wildman–Crippen MR) is 64.6 cm³/mol. The molecule has 0 aliphatic carbocycles. The van der Waals surface area contributed by atoms with Crippen LogP contribution in [-0.4, -0.2) is 30.7 Å². The first-order valence-corrected chi connectivity index (χ1v) is 6.52. The number of alkyl halides is 9. The number of halogens is 9. The average molecular weight is 360 g/mol. The molecule has 0 unspecified atom stereocenters. The van der Waals surface area contributed by atoms with Crippen LogP contribution in [0.3, 0.4) is 0 Å². The fourth-order valence-corrected chi connectivity index (χ4v) is 1.75. The monoisotopic (exact) mass is 360 g/mol. The molecule has 0 aliphatic rings. The molecule has 0 aliphatic heterocycles. The Morgan fingerprint density at radius 2 is 1.13 bits per heavy atom. The Labute approximate surface area is 127 Å². The summed E-state index contributed by atoms with van der Waals surface area (Å²) in [6, 6.07) is 0. The number of ether oxygens (including phenoxy) is 1. The lowest BCUT2D eigenvalue weighted by atomic mass is 9.98. The Bertz CT molecular complexity index is 377. The summed E-state index contributed by atoms with van der Waals surface area (Å²) in [6.07, 6.45) is -18.8. The van der Waals surface area contributed by atoms with Gasteiger partial charge in [0.15, 0.2) is 0 Å². The normalized spacial score (nSPS) is 15.7. The zero-order valence-electron chi connectivity index (χ0n) is 12.7. The van der Waals surface area contributed by atoms with E-state index in [9.17, 15) is 39.5 Å². The number of allylic oxidation sites excluding steroid dienone is 1. The first-order valence-electron chi connectivity index (χ1n) is 6.52. The van der Waals surface area contributed by atoms with Gasteiger partial charge in [0, 0.05) is 0 Å². The van der Waals surface area contributed by atoms with Crippen LogP contribution in [-0.2, 0) is 4.74 Å². The highest BCUT2D eigenvalue weighted by atomic mass is 19.4. The van der Waals surface area contributed by atoms with Crippen LogP contribution in [0.15, 0.2) is 11.6 Å². The molecule has 1 nitrogen and oxygen atoms in total. The molecule has 138 valence electrons. The van der Waals surface area contributed by atoms with Crippen molar-refractivity contribution in [2.45, 2.75) is 51.8 Å². The second-order valence-corrected chi connectivity index (χ2v) is 5.60. The van der Waals surface area contributed by atoms with Crippen LogP contribution in [0, 0.1) is 11.8 Å². The van der Waals surface area contributed by atoms with E-state index in [1.807, 2.05) is 0 Å². The smallest absolute Gasteiger partial charge is 0.347 e. The second kappa shape index (κ2) is 6.90. The fourth-order valence-electron chi connectivity index (χ4n) is 1.75. The van der Waals surface area contributed by atoms with Crippen molar-refractivity contribution >= 4 is 0 Å². The van der Waals surface area contributed by atoms with Gasteiger partial charge in [-0.1, -0.05) is 33.8 Å². The number of hydrogen-bond acceptors (Lipinski definition) is 1. The molecule has 0 heterocycles. The molecule has 0 aromatic heterocycles. The van der Waals surface area contributed by atoms with Crippen LogP contribution < -0.4 is 0 Å². The Kier molecular flexibility index (Phi) is 6.62. The van der Waals surface area contributed by atoms with Crippen LogP contribution >= 0.6 is 0 Å². The van der Waals surface area contributed by atoms with Gasteiger partial charge in [0.2, 0.25) is 0 Å². The maximum Gasteiger partial charge on any atom is 0.435 e. The highest BCUT2D eigenvalue weighted by Crippen LogP contribution is 2.55. The van der Waals surface area contributed by atoms with Crippen LogP contribution in [0.2, 0.25) is 0 Å². The van der Waals surface area contributed by atoms with Gasteiger partial charge in [0.25, 0.3) is 0 Å². The molecule has 0 saturated carbocycles. The van der Waals surface area contributed by atoms with E-state index in [1.54, 1.807) is 13.8 Å². The van der Waals surface area contributed by atoms with E-state index < -0.39 is 36.7 Å². The number of hydrogen-bond donors (Lipinski definition) is 0. The van der Waals surface area contributed by atoms with Gasteiger partial charge in [0.05, 0.1) is 6.61 Å². The van der Waals surface area contributed by atoms with Crippen molar-refractivity contribution in [2.75, 3.05) is 6.61 Å². The van der Waals surface area contributed by atoms with Crippen LogP contribution in [0.4, 0.5) is 39.5 Å². The quantitative estimate of drug-likeness (QED) is 0.454. The van der Waals surface area contributed by atoms with Gasteiger partial charge in [-0.05, 0) is 17.4 Å². The van der Waals surface area contributed by atoms with E-state index in [0.717, 1.165) is 0 Å². The van der Waals surface area contributed by atoms with Crippen molar-refractivity contribution in [1.82, 2.24) is 0 Å². The molecule has 0 atom stereocenters. The predicted octanol–water partition coefficient (Wildman–Crippen LogP) is 5.67. The topological polar surface area (TPSA) is 9.23 Å². The minimum absolute atomic E-state index is 0.0814. The summed E-state index contributed by atoms with van der Waals surface area (Å²) in [5.74, 6) is -0.863. The Balaban J connectivity index is 5.94. The number of rotatable bonds is 5. The minimum atomic E-state index is -6.70. The summed E-state index contributed by atoms with van der Waals surface area (Å²) >= 11 is 0. The van der Waals surface area contributed by atoms with Crippen LogP contribution in [0.1, 0.15) is 27.7 Å². The first kappa shape index (κ1) is 22.1. The molecule has 0 bridgehead atoms. The third-order valence-electron chi connectivity index (χ3n) is 2.94. The summed E-state index contributed by atoms with van der Waals surface area (Å²) in [6.45, 7) is 4.57. The first-order chi connectivity index (χ1) is 9.97. The van der Waals surface area contributed by atoms with Gasteiger partial charge in [-0.2, -0.15) is 39.5 Å². The van der Waals surface area contributed by atoms with E-state index in [2.05, 4.69) is 4.74 Å². The molecule has 0 amide bonds. The van der Waals surface area contributed by atoms with Crippen molar-refractivity contribution in [3.63, 3.8) is 0 Å². The SMILES string of the molecule is CC(C)/C=C(\COC(C(F)(F)F)(C(F)(F)F)C(F)(F)F)C(C)C. The summed E-state index contributed by atoms with van der Waals surface area (Å²) in [7, 11) is 0. The molecular formula is C13H17F9O. The Morgan fingerprint density at radius 1 is 0.783 bits per heavy atom. The zero-order valence-corrected chi connectivity index (χ0v) is 12.7. The van der Waals surface area contributed by atoms with Gasteiger partial charge in [-0.15, -0.1) is 0 Å². The van der Waals surface area contributed by atoms with Gasteiger partial charge >= 0.3 is 24.1 Å². The average Bonchev–Trinajstić information content (AvgIpc) is 2.21. The molecule has 0 spiro atoms. The van der Waals surface area contributed by atoms with Crippen LogP contribution in [0.25, 0.3) is 0 Å². The van der Waals surface area contributed by atoms with Crippen molar-refractivity contribution < 1.29 is 44.3 Å². The Hall–Kier alpha value is -0.930. The zero-order chi connectivity index (χ0) is 18.9. The molecule has 10 heteroatoms. The maximum absolute atomic E-state index is 12.7. The third kappa shape index (κ3) is 4.77. The highest BCUT2D eigenvalue weighted by molar-refractivity contribution is 5.09.